The zero-order chi connectivity index (χ0) is 9.30. The van der Waals surface area contributed by atoms with Gasteiger partial charge < -0.3 is 9.97 Å². The third-order valence-corrected chi connectivity index (χ3v) is 2.41. The summed E-state index contributed by atoms with van der Waals surface area (Å²) in [6, 6.07) is 0. The molecular weight excluding hydrogens is 208 g/mol. The quantitative estimate of drug-likeness (QED) is 0.384. The van der Waals surface area contributed by atoms with E-state index in [9.17, 15) is 0 Å². The minimum atomic E-state index is 0.355. The van der Waals surface area contributed by atoms with Gasteiger partial charge >= 0.3 is 0 Å². The highest BCUT2D eigenvalue weighted by molar-refractivity contribution is 7.80. The van der Waals surface area contributed by atoms with Crippen molar-refractivity contribution in [3.05, 3.63) is 15.0 Å². The van der Waals surface area contributed by atoms with Crippen LogP contribution in [0, 0.1) is 9.41 Å². The third-order valence-electron chi connectivity index (χ3n) is 1.54. The predicted molar refractivity (Wildman–Crippen MR) is 58.2 cm³/mol. The van der Waals surface area contributed by atoms with Crippen LogP contribution in [0.2, 0.25) is 0 Å². The van der Waals surface area contributed by atoms with Crippen molar-refractivity contribution in [2.75, 3.05) is 0 Å². The summed E-state index contributed by atoms with van der Waals surface area (Å²) in [6.07, 6.45) is 0. The van der Waals surface area contributed by atoms with E-state index in [1.807, 2.05) is 0 Å². The van der Waals surface area contributed by atoms with Crippen molar-refractivity contribution in [2.45, 2.75) is 24.8 Å². The molecule has 1 aromatic rings. The zero-order valence-corrected chi connectivity index (χ0v) is 9.37. The molecule has 2 nitrogen and oxygen atoms in total. The lowest BCUT2D eigenvalue weighted by molar-refractivity contribution is 0.793. The fraction of sp³-hybridized carbons (Fsp3) is 0.429. The summed E-state index contributed by atoms with van der Waals surface area (Å²) < 4.78 is 1.20. The highest BCUT2D eigenvalue weighted by Gasteiger charge is 2.06. The maximum Gasteiger partial charge on any atom is 0.176 e. The van der Waals surface area contributed by atoms with Gasteiger partial charge in [0.25, 0.3) is 0 Å². The summed E-state index contributed by atoms with van der Waals surface area (Å²) in [4.78, 5) is 5.80. The maximum atomic E-state index is 5.11. The molecule has 0 aliphatic carbocycles. The second-order valence-corrected chi connectivity index (χ2v) is 4.09. The molecule has 2 N–H and O–H groups in total. The van der Waals surface area contributed by atoms with Crippen molar-refractivity contribution < 1.29 is 0 Å². The van der Waals surface area contributed by atoms with Gasteiger partial charge in [-0.1, -0.05) is 26.1 Å². The fourth-order valence-electron chi connectivity index (χ4n) is 1.02. The Labute approximate surface area is 86.8 Å². The summed E-state index contributed by atoms with van der Waals surface area (Å²) in [6.45, 7) is 4.13. The molecule has 0 spiro atoms. The highest BCUT2D eigenvalue weighted by atomic mass is 32.1. The molecule has 1 heterocycles. The van der Waals surface area contributed by atoms with Crippen LogP contribution in [0.5, 0.6) is 0 Å². The van der Waals surface area contributed by atoms with Gasteiger partial charge in [-0.25, -0.2) is 0 Å². The topological polar surface area (TPSA) is 31.6 Å². The van der Waals surface area contributed by atoms with Gasteiger partial charge in [0.2, 0.25) is 0 Å². The Bertz CT molecular complexity index is 388. The molecule has 0 unspecified atom stereocenters. The van der Waals surface area contributed by atoms with E-state index in [1.165, 1.54) is 0 Å². The number of hydrogen-bond acceptors (Lipinski definition) is 3. The van der Waals surface area contributed by atoms with Crippen molar-refractivity contribution in [2.24, 2.45) is 0 Å². The van der Waals surface area contributed by atoms with Gasteiger partial charge in [-0.2, -0.15) is 0 Å². The van der Waals surface area contributed by atoms with Crippen LogP contribution in [0.25, 0.3) is 0 Å². The van der Waals surface area contributed by atoms with E-state index < -0.39 is 0 Å². The molecule has 0 fully saturated rings. The molecule has 1 aromatic heterocycles. The molecule has 0 amide bonds. The van der Waals surface area contributed by atoms with Gasteiger partial charge in [0.15, 0.2) is 4.77 Å². The van der Waals surface area contributed by atoms with Gasteiger partial charge in [0.1, 0.15) is 4.64 Å². The van der Waals surface area contributed by atoms with Gasteiger partial charge in [0, 0.05) is 5.56 Å². The van der Waals surface area contributed by atoms with E-state index >= 15 is 0 Å². The second kappa shape index (κ2) is 3.72. The molecule has 0 aliphatic heterocycles. The molecule has 66 valence electrons. The number of aromatic nitrogens is 2. The Balaban J connectivity index is 3.49. The molecule has 5 heteroatoms. The standard InChI is InChI=1S/C7H10N2S3/c1-3(2)4-5(10)8-7(12)9-6(4)11/h3H,1-2H3,(H3,8,9,10,11,12). The Hall–Kier alpha value is -0.130. The van der Waals surface area contributed by atoms with Gasteiger partial charge in [-0.15, -0.1) is 12.6 Å². The highest BCUT2D eigenvalue weighted by Crippen LogP contribution is 2.20. The lowest BCUT2D eigenvalue weighted by atomic mass is 10.1. The first-order valence-corrected chi connectivity index (χ1v) is 4.84. The van der Waals surface area contributed by atoms with Crippen LogP contribution in [-0.2, 0) is 0 Å². The Morgan fingerprint density at radius 1 is 1.25 bits per heavy atom. The average Bonchev–Trinajstić information content (AvgIpc) is 1.82. The molecule has 12 heavy (non-hydrogen) atoms. The molecule has 0 saturated heterocycles. The SMILES string of the molecule is CC(C)c1c(S)[nH]c(=S)[nH]c1=S. The smallest absolute Gasteiger partial charge is 0.176 e. The van der Waals surface area contributed by atoms with Crippen molar-refractivity contribution in [3.63, 3.8) is 0 Å². The lowest BCUT2D eigenvalue weighted by Gasteiger charge is -2.07. The summed E-state index contributed by atoms with van der Waals surface area (Å²) in [5, 5.41) is 0.763. The van der Waals surface area contributed by atoms with Crippen molar-refractivity contribution in [3.8, 4) is 0 Å². The van der Waals surface area contributed by atoms with E-state index in [-0.39, 0.29) is 0 Å². The fourth-order valence-corrected chi connectivity index (χ4v) is 2.36. The second-order valence-electron chi connectivity index (χ2n) is 2.83. The van der Waals surface area contributed by atoms with E-state index in [2.05, 4.69) is 36.4 Å². The van der Waals surface area contributed by atoms with Gasteiger partial charge in [-0.3, -0.25) is 0 Å². The van der Waals surface area contributed by atoms with Gasteiger partial charge in [-0.05, 0) is 18.1 Å². The summed E-state index contributed by atoms with van der Waals surface area (Å²) in [7, 11) is 0. The molecule has 0 aromatic carbocycles. The molecule has 1 rings (SSSR count). The van der Waals surface area contributed by atoms with Crippen LogP contribution in [0.3, 0.4) is 0 Å². The van der Waals surface area contributed by atoms with Crippen LogP contribution in [0.4, 0.5) is 0 Å². The van der Waals surface area contributed by atoms with Crippen molar-refractivity contribution >= 4 is 37.1 Å². The third kappa shape index (κ3) is 1.97. The monoisotopic (exact) mass is 218 g/mol. The lowest BCUT2D eigenvalue weighted by Crippen LogP contribution is -1.96. The van der Waals surface area contributed by atoms with E-state index in [4.69, 9.17) is 24.4 Å². The Morgan fingerprint density at radius 2 is 1.83 bits per heavy atom. The summed E-state index contributed by atoms with van der Waals surface area (Å²) in [5.41, 5.74) is 1.02. The summed E-state index contributed by atoms with van der Waals surface area (Å²) in [5.74, 6) is 0.355. The summed E-state index contributed by atoms with van der Waals surface area (Å²) >= 11 is 14.3. The van der Waals surface area contributed by atoms with Crippen molar-refractivity contribution in [1.29, 1.82) is 0 Å². The number of hydrogen-bond donors (Lipinski definition) is 3. The first kappa shape index (κ1) is 9.95. The zero-order valence-electron chi connectivity index (χ0n) is 6.84. The van der Waals surface area contributed by atoms with Crippen molar-refractivity contribution in [1.82, 2.24) is 9.97 Å². The van der Waals surface area contributed by atoms with E-state index in [0.29, 0.717) is 15.3 Å². The maximum absolute atomic E-state index is 5.11. The number of aromatic amines is 2. The minimum absolute atomic E-state index is 0.355. The van der Waals surface area contributed by atoms with Crippen LogP contribution in [-0.4, -0.2) is 9.97 Å². The minimum Gasteiger partial charge on any atom is -0.327 e. The predicted octanol–water partition coefficient (Wildman–Crippen LogP) is 3.21. The van der Waals surface area contributed by atoms with E-state index in [1.54, 1.807) is 0 Å². The average molecular weight is 218 g/mol. The van der Waals surface area contributed by atoms with Gasteiger partial charge in [0.05, 0.1) is 5.03 Å². The Kier molecular flexibility index (Phi) is 3.09. The molecule has 0 aliphatic rings. The number of H-pyrrole nitrogens is 2. The van der Waals surface area contributed by atoms with Crippen LogP contribution in [0.15, 0.2) is 5.03 Å². The largest absolute Gasteiger partial charge is 0.327 e. The Morgan fingerprint density at radius 3 is 2.25 bits per heavy atom. The number of rotatable bonds is 1. The molecule has 0 saturated carbocycles. The van der Waals surface area contributed by atoms with E-state index in [0.717, 1.165) is 10.6 Å². The number of nitrogens with one attached hydrogen (secondary N) is 2. The molecule has 0 bridgehead atoms. The number of thiol groups is 1. The normalized spacial score (nSPS) is 10.7. The first-order valence-electron chi connectivity index (χ1n) is 3.58. The van der Waals surface area contributed by atoms with Crippen LogP contribution in [0.1, 0.15) is 25.3 Å². The molecular formula is C7H10N2S3. The molecule has 0 radical (unpaired) electrons. The van der Waals surface area contributed by atoms with Crippen LogP contribution < -0.4 is 0 Å². The first-order chi connectivity index (χ1) is 5.52. The van der Waals surface area contributed by atoms with Crippen LogP contribution >= 0.6 is 37.1 Å². The molecule has 0 atom stereocenters.